The molecule has 3 aromatic rings. The number of aromatic nitrogens is 1. The van der Waals surface area contributed by atoms with E-state index in [1.807, 2.05) is 24.5 Å². The molecular formula is C30H39N3O4. The predicted octanol–water partition coefficient (Wildman–Crippen LogP) is 5.71. The van der Waals surface area contributed by atoms with Gasteiger partial charge in [-0.3, -0.25) is 4.98 Å². The van der Waals surface area contributed by atoms with Crippen molar-refractivity contribution in [3.63, 3.8) is 0 Å². The molecule has 0 saturated carbocycles. The maximum Gasteiger partial charge on any atom is 0.203 e. The van der Waals surface area contributed by atoms with E-state index in [1.165, 1.54) is 5.69 Å². The molecule has 7 heteroatoms. The molecule has 0 aliphatic carbocycles. The lowest BCUT2D eigenvalue weighted by Gasteiger charge is -2.36. The molecule has 7 nitrogen and oxygen atoms in total. The first-order chi connectivity index (χ1) is 18.2. The molecule has 1 aromatic heterocycles. The monoisotopic (exact) mass is 505 g/mol. The highest BCUT2D eigenvalue weighted by Crippen LogP contribution is 2.41. The van der Waals surface area contributed by atoms with Crippen molar-refractivity contribution in [2.24, 2.45) is 0 Å². The lowest BCUT2D eigenvalue weighted by molar-refractivity contribution is 0.309. The second kappa shape index (κ2) is 13.2. The van der Waals surface area contributed by atoms with Crippen LogP contribution in [0.2, 0.25) is 0 Å². The van der Waals surface area contributed by atoms with E-state index in [0.717, 1.165) is 74.4 Å². The molecule has 0 bridgehead atoms. The summed E-state index contributed by atoms with van der Waals surface area (Å²) in [5.74, 6) is 2.75. The zero-order chi connectivity index (χ0) is 26.0. The van der Waals surface area contributed by atoms with Gasteiger partial charge in [0.2, 0.25) is 5.75 Å². The van der Waals surface area contributed by atoms with Crippen LogP contribution in [0.3, 0.4) is 0 Å². The molecular weight excluding hydrogens is 466 g/mol. The number of anilines is 1. The van der Waals surface area contributed by atoms with Gasteiger partial charge in [-0.25, -0.2) is 0 Å². The van der Waals surface area contributed by atoms with Crippen LogP contribution in [0, 0.1) is 0 Å². The van der Waals surface area contributed by atoms with E-state index < -0.39 is 0 Å². The minimum Gasteiger partial charge on any atom is -0.494 e. The van der Waals surface area contributed by atoms with Crippen molar-refractivity contribution in [1.29, 1.82) is 0 Å². The molecule has 0 radical (unpaired) electrons. The van der Waals surface area contributed by atoms with Crippen LogP contribution in [0.25, 0.3) is 11.1 Å². The highest BCUT2D eigenvalue weighted by atomic mass is 16.5. The van der Waals surface area contributed by atoms with Crippen LogP contribution in [0.5, 0.6) is 23.0 Å². The number of methoxy groups -OCH3 is 3. The zero-order valence-corrected chi connectivity index (χ0v) is 22.5. The number of hydrogen-bond acceptors (Lipinski definition) is 7. The quantitative estimate of drug-likeness (QED) is 0.316. The minimum absolute atomic E-state index is 0.456. The summed E-state index contributed by atoms with van der Waals surface area (Å²) in [5, 5.41) is 3.49. The van der Waals surface area contributed by atoms with E-state index in [1.54, 1.807) is 21.3 Å². The number of unbranched alkanes of at least 4 members (excludes halogenated alkanes) is 1. The number of pyridine rings is 1. The molecule has 1 aliphatic rings. The van der Waals surface area contributed by atoms with E-state index in [0.29, 0.717) is 23.3 Å². The van der Waals surface area contributed by atoms with E-state index in [4.69, 9.17) is 18.9 Å². The van der Waals surface area contributed by atoms with Gasteiger partial charge in [0, 0.05) is 36.2 Å². The molecule has 0 spiro atoms. The van der Waals surface area contributed by atoms with Gasteiger partial charge in [-0.1, -0.05) is 13.3 Å². The second-order valence-electron chi connectivity index (χ2n) is 9.30. The first kappa shape index (κ1) is 26.6. The van der Waals surface area contributed by atoms with Gasteiger partial charge in [0.05, 0.1) is 27.9 Å². The summed E-state index contributed by atoms with van der Waals surface area (Å²) < 4.78 is 22.5. The molecule has 2 heterocycles. The average Bonchev–Trinajstić information content (AvgIpc) is 2.96. The summed E-state index contributed by atoms with van der Waals surface area (Å²) >= 11 is 0. The van der Waals surface area contributed by atoms with Crippen LogP contribution in [-0.2, 0) is 6.54 Å². The molecule has 4 rings (SSSR count). The topological polar surface area (TPSA) is 65.1 Å². The maximum absolute atomic E-state index is 5.90. The lowest BCUT2D eigenvalue weighted by atomic mass is 10.0. The SMILES string of the molecule is CCCCOc1ccc(N(Cc2cncc(-c3cc(OC)c(OC)c(OC)c3)c2)C2CCNCC2)cc1. The molecule has 2 aromatic carbocycles. The van der Waals surface area contributed by atoms with Crippen molar-refractivity contribution >= 4 is 5.69 Å². The van der Waals surface area contributed by atoms with Crippen molar-refractivity contribution in [2.45, 2.75) is 45.2 Å². The molecule has 0 unspecified atom stereocenters. The minimum atomic E-state index is 0.456. The number of hydrogen-bond donors (Lipinski definition) is 1. The number of ether oxygens (including phenoxy) is 4. The molecule has 37 heavy (non-hydrogen) atoms. The predicted molar refractivity (Wildman–Crippen MR) is 148 cm³/mol. The average molecular weight is 506 g/mol. The van der Waals surface area contributed by atoms with Gasteiger partial charge < -0.3 is 29.2 Å². The molecule has 0 atom stereocenters. The molecule has 1 N–H and O–H groups in total. The van der Waals surface area contributed by atoms with Crippen LogP contribution in [0.4, 0.5) is 5.69 Å². The van der Waals surface area contributed by atoms with Gasteiger partial charge in [-0.15, -0.1) is 0 Å². The molecule has 0 amide bonds. The first-order valence-electron chi connectivity index (χ1n) is 13.1. The van der Waals surface area contributed by atoms with Crippen LogP contribution >= 0.6 is 0 Å². The Labute approximate surface area is 220 Å². The Kier molecular flexibility index (Phi) is 9.49. The summed E-state index contributed by atoms with van der Waals surface area (Å²) in [6.45, 7) is 5.76. The number of benzene rings is 2. The van der Waals surface area contributed by atoms with Crippen LogP contribution in [0.1, 0.15) is 38.2 Å². The normalized spacial score (nSPS) is 13.7. The van der Waals surface area contributed by atoms with Crippen LogP contribution in [0.15, 0.2) is 54.9 Å². The molecule has 1 fully saturated rings. The lowest BCUT2D eigenvalue weighted by Crippen LogP contribution is -2.43. The molecule has 1 saturated heterocycles. The summed E-state index contributed by atoms with van der Waals surface area (Å²) in [7, 11) is 4.88. The largest absolute Gasteiger partial charge is 0.494 e. The Morgan fingerprint density at radius 2 is 1.59 bits per heavy atom. The molecule has 1 aliphatic heterocycles. The fourth-order valence-electron chi connectivity index (χ4n) is 4.79. The summed E-state index contributed by atoms with van der Waals surface area (Å²) in [5.41, 5.74) is 4.31. The number of piperidine rings is 1. The van der Waals surface area contributed by atoms with Gasteiger partial charge in [-0.05, 0) is 85.9 Å². The Bertz CT molecular complexity index is 1100. The van der Waals surface area contributed by atoms with Crippen LogP contribution in [-0.4, -0.2) is 52.1 Å². The summed E-state index contributed by atoms with van der Waals surface area (Å²) in [6, 6.07) is 15.1. The van der Waals surface area contributed by atoms with E-state index >= 15 is 0 Å². The van der Waals surface area contributed by atoms with Crippen molar-refractivity contribution in [3.8, 4) is 34.1 Å². The fraction of sp³-hybridized carbons (Fsp3) is 0.433. The highest BCUT2D eigenvalue weighted by molar-refractivity contribution is 5.71. The smallest absolute Gasteiger partial charge is 0.203 e. The van der Waals surface area contributed by atoms with Crippen molar-refractivity contribution in [3.05, 3.63) is 60.4 Å². The third-order valence-corrected chi connectivity index (χ3v) is 6.83. The Morgan fingerprint density at radius 1 is 0.892 bits per heavy atom. The van der Waals surface area contributed by atoms with Gasteiger partial charge in [-0.2, -0.15) is 0 Å². The number of rotatable bonds is 12. The molecule has 198 valence electrons. The van der Waals surface area contributed by atoms with Gasteiger partial charge in [0.1, 0.15) is 5.75 Å². The number of nitrogens with zero attached hydrogens (tertiary/aromatic N) is 2. The fourth-order valence-corrected chi connectivity index (χ4v) is 4.79. The maximum atomic E-state index is 5.90. The van der Waals surface area contributed by atoms with E-state index in [2.05, 4.69) is 52.5 Å². The second-order valence-corrected chi connectivity index (χ2v) is 9.30. The Morgan fingerprint density at radius 3 is 2.22 bits per heavy atom. The highest BCUT2D eigenvalue weighted by Gasteiger charge is 2.22. The van der Waals surface area contributed by atoms with E-state index in [9.17, 15) is 0 Å². The van der Waals surface area contributed by atoms with E-state index in [-0.39, 0.29) is 0 Å². The Balaban J connectivity index is 1.60. The van der Waals surface area contributed by atoms with Crippen molar-refractivity contribution in [2.75, 3.05) is 45.9 Å². The van der Waals surface area contributed by atoms with Crippen LogP contribution < -0.4 is 29.2 Å². The van der Waals surface area contributed by atoms with Crippen molar-refractivity contribution < 1.29 is 18.9 Å². The summed E-state index contributed by atoms with van der Waals surface area (Å²) in [4.78, 5) is 7.10. The van der Waals surface area contributed by atoms with Gasteiger partial charge >= 0.3 is 0 Å². The standard InChI is InChI=1S/C30H39N3O4/c1-5-6-15-37-27-9-7-25(8-10-27)33(26-11-13-31-14-12-26)21-22-16-24(20-32-19-22)23-17-28(34-2)30(36-4)29(18-23)35-3/h7-10,16-20,26,31H,5-6,11-15,21H2,1-4H3. The summed E-state index contributed by atoms with van der Waals surface area (Å²) in [6.07, 6.45) is 8.24. The Hall–Kier alpha value is -3.45. The number of nitrogens with one attached hydrogen (secondary N) is 1. The first-order valence-corrected chi connectivity index (χ1v) is 13.1. The van der Waals surface area contributed by atoms with Gasteiger partial charge in [0.25, 0.3) is 0 Å². The zero-order valence-electron chi connectivity index (χ0n) is 22.5. The van der Waals surface area contributed by atoms with Crippen molar-refractivity contribution in [1.82, 2.24) is 10.3 Å². The third kappa shape index (κ3) is 6.66. The van der Waals surface area contributed by atoms with Gasteiger partial charge in [0.15, 0.2) is 11.5 Å². The third-order valence-electron chi connectivity index (χ3n) is 6.83.